The SMILES string of the molecule is CC(C)[C@@H](NC(=O)CCc1ccc(S(=O)(=O)N2CCCCCC2)cc1)c1nc2ccccc2[nH]1. The lowest BCUT2D eigenvalue weighted by Gasteiger charge is -2.20. The molecule has 7 nitrogen and oxygen atoms in total. The van der Waals surface area contributed by atoms with Gasteiger partial charge in [-0.05, 0) is 55.0 Å². The summed E-state index contributed by atoms with van der Waals surface area (Å²) >= 11 is 0. The third-order valence-electron chi connectivity index (χ3n) is 6.45. The van der Waals surface area contributed by atoms with E-state index in [-0.39, 0.29) is 17.9 Å². The number of carbonyl (C=O) groups excluding carboxylic acids is 1. The van der Waals surface area contributed by atoms with Crippen LogP contribution in [0.1, 0.15) is 63.4 Å². The minimum absolute atomic E-state index is 0.0552. The summed E-state index contributed by atoms with van der Waals surface area (Å²) in [5, 5.41) is 3.11. The third-order valence-corrected chi connectivity index (χ3v) is 8.37. The van der Waals surface area contributed by atoms with E-state index in [9.17, 15) is 13.2 Å². The molecular formula is C26H34N4O3S. The number of hydrogen-bond acceptors (Lipinski definition) is 4. The summed E-state index contributed by atoms with van der Waals surface area (Å²) in [5.41, 5.74) is 2.77. The third kappa shape index (κ3) is 5.67. The van der Waals surface area contributed by atoms with Gasteiger partial charge in [-0.1, -0.05) is 51.0 Å². The first-order chi connectivity index (χ1) is 16.3. The fraction of sp³-hybridized carbons (Fsp3) is 0.462. The lowest BCUT2D eigenvalue weighted by Crippen LogP contribution is -2.32. The number of carbonyl (C=O) groups is 1. The molecular weight excluding hydrogens is 448 g/mol. The maximum absolute atomic E-state index is 13.0. The summed E-state index contributed by atoms with van der Waals surface area (Å²) in [4.78, 5) is 21.0. The summed E-state index contributed by atoms with van der Waals surface area (Å²) in [6.07, 6.45) is 4.86. The van der Waals surface area contributed by atoms with E-state index in [4.69, 9.17) is 0 Å². The molecule has 2 aromatic carbocycles. The number of para-hydroxylation sites is 2. The van der Waals surface area contributed by atoms with Crippen LogP contribution in [0.3, 0.4) is 0 Å². The van der Waals surface area contributed by atoms with Crippen molar-refractivity contribution < 1.29 is 13.2 Å². The number of benzene rings is 2. The lowest BCUT2D eigenvalue weighted by molar-refractivity contribution is -0.122. The fourth-order valence-corrected chi connectivity index (χ4v) is 5.95. The van der Waals surface area contributed by atoms with Crippen LogP contribution in [0.5, 0.6) is 0 Å². The fourth-order valence-electron chi connectivity index (χ4n) is 4.43. The number of aryl methyl sites for hydroxylation is 1. The van der Waals surface area contributed by atoms with Gasteiger partial charge in [-0.25, -0.2) is 13.4 Å². The Balaban J connectivity index is 1.36. The van der Waals surface area contributed by atoms with Gasteiger partial charge in [-0.15, -0.1) is 0 Å². The highest BCUT2D eigenvalue weighted by Gasteiger charge is 2.25. The molecule has 1 atom stereocenters. The van der Waals surface area contributed by atoms with Crippen LogP contribution in [0.25, 0.3) is 11.0 Å². The molecule has 4 rings (SSSR count). The monoisotopic (exact) mass is 482 g/mol. The zero-order chi connectivity index (χ0) is 24.1. The number of rotatable bonds is 8. The van der Waals surface area contributed by atoms with Crippen molar-refractivity contribution in [3.05, 3.63) is 59.9 Å². The van der Waals surface area contributed by atoms with Gasteiger partial charge in [0.05, 0.1) is 22.0 Å². The molecule has 0 unspecified atom stereocenters. The van der Waals surface area contributed by atoms with E-state index in [1.54, 1.807) is 16.4 Å². The highest BCUT2D eigenvalue weighted by molar-refractivity contribution is 7.89. The van der Waals surface area contributed by atoms with Gasteiger partial charge in [0.15, 0.2) is 0 Å². The summed E-state index contributed by atoms with van der Waals surface area (Å²) in [6.45, 7) is 5.29. The van der Waals surface area contributed by atoms with Gasteiger partial charge in [0.1, 0.15) is 5.82 Å². The number of amides is 1. The Kier molecular flexibility index (Phi) is 7.68. The molecule has 1 aromatic heterocycles. The average Bonchev–Trinajstić information content (AvgIpc) is 3.05. The molecule has 3 aromatic rings. The second-order valence-corrected chi connectivity index (χ2v) is 11.3. The molecule has 0 bridgehead atoms. The molecule has 2 N–H and O–H groups in total. The van der Waals surface area contributed by atoms with E-state index in [2.05, 4.69) is 29.1 Å². The van der Waals surface area contributed by atoms with Gasteiger partial charge < -0.3 is 10.3 Å². The lowest BCUT2D eigenvalue weighted by atomic mass is 10.0. The van der Waals surface area contributed by atoms with Crippen LogP contribution in [0, 0.1) is 5.92 Å². The summed E-state index contributed by atoms with van der Waals surface area (Å²) in [7, 11) is -3.46. The number of aromatic nitrogens is 2. The van der Waals surface area contributed by atoms with Gasteiger partial charge in [-0.2, -0.15) is 4.31 Å². The Morgan fingerprint density at radius 1 is 1.03 bits per heavy atom. The number of imidazole rings is 1. The van der Waals surface area contributed by atoms with E-state index in [0.29, 0.717) is 30.8 Å². The van der Waals surface area contributed by atoms with E-state index in [0.717, 1.165) is 48.1 Å². The average molecular weight is 483 g/mol. The number of nitrogens with zero attached hydrogens (tertiary/aromatic N) is 2. The van der Waals surface area contributed by atoms with Gasteiger partial charge >= 0.3 is 0 Å². The maximum Gasteiger partial charge on any atom is 0.243 e. The van der Waals surface area contributed by atoms with Crippen LogP contribution in [0.4, 0.5) is 0 Å². The number of sulfonamides is 1. The first kappa shape index (κ1) is 24.4. The van der Waals surface area contributed by atoms with Gasteiger partial charge in [-0.3, -0.25) is 4.79 Å². The predicted molar refractivity (Wildman–Crippen MR) is 134 cm³/mol. The standard InChI is InChI=1S/C26H34N4O3S/c1-19(2)25(26-27-22-9-5-6-10-23(22)28-26)29-24(31)16-13-20-11-14-21(15-12-20)34(32,33)30-17-7-3-4-8-18-30/h5-6,9-12,14-15,19,25H,3-4,7-8,13,16-18H2,1-2H3,(H,27,28)(H,29,31)/t25-/m1/s1. The Morgan fingerprint density at radius 2 is 1.71 bits per heavy atom. The Bertz CT molecular complexity index is 1180. The van der Waals surface area contributed by atoms with Crippen LogP contribution in [-0.2, 0) is 21.2 Å². The molecule has 0 saturated carbocycles. The number of H-pyrrole nitrogens is 1. The Hall–Kier alpha value is -2.71. The highest BCUT2D eigenvalue weighted by atomic mass is 32.2. The Labute approximate surface area is 202 Å². The van der Waals surface area contributed by atoms with Gasteiger partial charge in [0.25, 0.3) is 0 Å². The number of nitrogens with one attached hydrogen (secondary N) is 2. The van der Waals surface area contributed by atoms with Crippen LogP contribution >= 0.6 is 0 Å². The molecule has 1 fully saturated rings. The van der Waals surface area contributed by atoms with Crippen LogP contribution in [-0.4, -0.2) is 41.7 Å². The van der Waals surface area contributed by atoms with Crippen LogP contribution < -0.4 is 5.32 Å². The molecule has 34 heavy (non-hydrogen) atoms. The summed E-state index contributed by atoms with van der Waals surface area (Å²) in [6, 6.07) is 14.6. The summed E-state index contributed by atoms with van der Waals surface area (Å²) < 4.78 is 27.5. The van der Waals surface area contributed by atoms with Crippen molar-refractivity contribution in [1.29, 1.82) is 0 Å². The van der Waals surface area contributed by atoms with Crippen LogP contribution in [0.15, 0.2) is 53.4 Å². The smallest absolute Gasteiger partial charge is 0.243 e. The van der Waals surface area contributed by atoms with Crippen molar-refractivity contribution >= 4 is 27.0 Å². The van der Waals surface area contributed by atoms with Crippen molar-refractivity contribution in [2.45, 2.75) is 63.3 Å². The van der Waals surface area contributed by atoms with Crippen LogP contribution in [0.2, 0.25) is 0 Å². The molecule has 1 aliphatic heterocycles. The molecule has 1 aliphatic rings. The van der Waals surface area contributed by atoms with E-state index >= 15 is 0 Å². The minimum atomic E-state index is -3.46. The molecule has 2 heterocycles. The largest absolute Gasteiger partial charge is 0.346 e. The Morgan fingerprint density at radius 3 is 2.35 bits per heavy atom. The molecule has 0 radical (unpaired) electrons. The minimum Gasteiger partial charge on any atom is -0.346 e. The predicted octanol–water partition coefficient (Wildman–Crippen LogP) is 4.57. The van der Waals surface area contributed by atoms with Crippen molar-refractivity contribution in [3.63, 3.8) is 0 Å². The molecule has 182 valence electrons. The van der Waals surface area contributed by atoms with E-state index < -0.39 is 10.0 Å². The number of aromatic amines is 1. The first-order valence-corrected chi connectivity index (χ1v) is 13.6. The topological polar surface area (TPSA) is 95.2 Å². The number of fused-ring (bicyclic) bond motifs is 1. The second-order valence-electron chi connectivity index (χ2n) is 9.39. The van der Waals surface area contributed by atoms with Gasteiger partial charge in [0.2, 0.25) is 15.9 Å². The molecule has 8 heteroatoms. The van der Waals surface area contributed by atoms with E-state index in [1.165, 1.54) is 0 Å². The maximum atomic E-state index is 13.0. The van der Waals surface area contributed by atoms with Gasteiger partial charge in [0, 0.05) is 19.5 Å². The van der Waals surface area contributed by atoms with Crippen molar-refractivity contribution in [2.75, 3.05) is 13.1 Å². The zero-order valence-electron chi connectivity index (χ0n) is 20.0. The molecule has 0 spiro atoms. The van der Waals surface area contributed by atoms with Crippen molar-refractivity contribution in [2.24, 2.45) is 5.92 Å². The molecule has 1 amide bonds. The second kappa shape index (κ2) is 10.7. The van der Waals surface area contributed by atoms with E-state index in [1.807, 2.05) is 36.4 Å². The zero-order valence-corrected chi connectivity index (χ0v) is 20.8. The normalized spacial score (nSPS) is 16.4. The first-order valence-electron chi connectivity index (χ1n) is 12.2. The summed E-state index contributed by atoms with van der Waals surface area (Å²) in [5.74, 6) is 0.876. The number of hydrogen-bond donors (Lipinski definition) is 2. The molecule has 1 saturated heterocycles. The highest BCUT2D eigenvalue weighted by Crippen LogP contribution is 2.23. The van der Waals surface area contributed by atoms with Crippen molar-refractivity contribution in [1.82, 2.24) is 19.6 Å². The molecule has 0 aliphatic carbocycles. The van der Waals surface area contributed by atoms with Crippen molar-refractivity contribution in [3.8, 4) is 0 Å². The quantitative estimate of drug-likeness (QED) is 0.492.